The van der Waals surface area contributed by atoms with Crippen molar-refractivity contribution in [2.24, 2.45) is 0 Å². The van der Waals surface area contributed by atoms with Crippen LogP contribution in [0.2, 0.25) is 0 Å². The molecule has 1 aliphatic heterocycles. The molecule has 0 aliphatic carbocycles. The van der Waals surface area contributed by atoms with E-state index in [2.05, 4.69) is 53.2 Å². The predicted molar refractivity (Wildman–Crippen MR) is 118 cm³/mol. The lowest BCUT2D eigenvalue weighted by Crippen LogP contribution is -2.45. The lowest BCUT2D eigenvalue weighted by Gasteiger charge is -2.29. The number of carbonyl (C=O) groups excluding carboxylic acids is 1. The molecule has 5 nitrogen and oxygen atoms in total. The first-order chi connectivity index (χ1) is 14.1. The van der Waals surface area contributed by atoms with E-state index in [0.717, 1.165) is 57.0 Å². The maximum absolute atomic E-state index is 12.9. The van der Waals surface area contributed by atoms with Gasteiger partial charge in [0, 0.05) is 31.9 Å². The standard InChI is InChI=1S/C24H33N3O2/c1-4-23(24(28)25-21-10-12-22(29-3)13-11-21)27-15-5-14-26(16-17-27)18-20-8-6-19(2)7-9-20/h6-13,23H,4-5,14-18H2,1-3H3,(H,25,28)/t23-/m1/s1. The summed E-state index contributed by atoms with van der Waals surface area (Å²) in [5, 5.41) is 3.07. The molecule has 0 unspecified atom stereocenters. The molecule has 1 amide bonds. The smallest absolute Gasteiger partial charge is 0.241 e. The summed E-state index contributed by atoms with van der Waals surface area (Å²) in [6, 6.07) is 16.2. The number of benzene rings is 2. The number of nitrogens with one attached hydrogen (secondary N) is 1. The van der Waals surface area contributed by atoms with Crippen LogP contribution in [-0.2, 0) is 11.3 Å². The first-order valence-electron chi connectivity index (χ1n) is 10.6. The van der Waals surface area contributed by atoms with E-state index in [9.17, 15) is 4.79 Å². The van der Waals surface area contributed by atoms with E-state index in [1.54, 1.807) is 7.11 Å². The minimum absolute atomic E-state index is 0.0738. The summed E-state index contributed by atoms with van der Waals surface area (Å²) in [5.74, 6) is 0.862. The quantitative estimate of drug-likeness (QED) is 0.772. The van der Waals surface area contributed by atoms with Gasteiger partial charge in [0.05, 0.1) is 13.2 Å². The van der Waals surface area contributed by atoms with Gasteiger partial charge in [-0.15, -0.1) is 0 Å². The zero-order valence-corrected chi connectivity index (χ0v) is 17.9. The number of hydrogen-bond donors (Lipinski definition) is 1. The normalized spacial score (nSPS) is 16.8. The lowest BCUT2D eigenvalue weighted by atomic mass is 10.1. The van der Waals surface area contributed by atoms with Crippen LogP contribution in [0, 0.1) is 6.92 Å². The fraction of sp³-hybridized carbons (Fsp3) is 0.458. The van der Waals surface area contributed by atoms with E-state index in [0.29, 0.717) is 0 Å². The van der Waals surface area contributed by atoms with Gasteiger partial charge < -0.3 is 10.1 Å². The Balaban J connectivity index is 1.56. The Morgan fingerprint density at radius 3 is 2.41 bits per heavy atom. The highest BCUT2D eigenvalue weighted by Gasteiger charge is 2.26. The molecule has 0 radical (unpaired) electrons. The molecule has 2 aromatic rings. The average Bonchev–Trinajstić information content (AvgIpc) is 2.96. The third-order valence-electron chi connectivity index (χ3n) is 5.64. The molecule has 1 atom stereocenters. The Kier molecular flexibility index (Phi) is 7.67. The molecule has 29 heavy (non-hydrogen) atoms. The average molecular weight is 396 g/mol. The van der Waals surface area contributed by atoms with Gasteiger partial charge >= 0.3 is 0 Å². The van der Waals surface area contributed by atoms with Crippen LogP contribution < -0.4 is 10.1 Å². The van der Waals surface area contributed by atoms with Gasteiger partial charge in [0.15, 0.2) is 0 Å². The molecule has 5 heteroatoms. The zero-order valence-electron chi connectivity index (χ0n) is 17.9. The fourth-order valence-corrected chi connectivity index (χ4v) is 3.92. The van der Waals surface area contributed by atoms with E-state index >= 15 is 0 Å². The fourth-order valence-electron chi connectivity index (χ4n) is 3.92. The Labute approximate surface area is 174 Å². The van der Waals surface area contributed by atoms with Crippen molar-refractivity contribution in [3.63, 3.8) is 0 Å². The summed E-state index contributed by atoms with van der Waals surface area (Å²) < 4.78 is 5.18. The molecule has 156 valence electrons. The van der Waals surface area contributed by atoms with Crippen LogP contribution in [0.15, 0.2) is 48.5 Å². The van der Waals surface area contributed by atoms with Crippen molar-refractivity contribution < 1.29 is 9.53 Å². The second kappa shape index (κ2) is 10.4. The molecule has 1 aliphatic rings. The molecule has 1 fully saturated rings. The Morgan fingerprint density at radius 2 is 1.76 bits per heavy atom. The number of carbonyl (C=O) groups is 1. The maximum atomic E-state index is 12.9. The van der Waals surface area contributed by atoms with Crippen molar-refractivity contribution in [3.8, 4) is 5.75 Å². The summed E-state index contributed by atoms with van der Waals surface area (Å²) in [7, 11) is 1.64. The monoisotopic (exact) mass is 395 g/mol. The molecule has 2 aromatic carbocycles. The number of nitrogens with zero attached hydrogens (tertiary/aromatic N) is 2. The third kappa shape index (κ3) is 6.05. The van der Waals surface area contributed by atoms with E-state index in [1.807, 2.05) is 24.3 Å². The number of anilines is 1. The Morgan fingerprint density at radius 1 is 1.03 bits per heavy atom. The molecule has 0 spiro atoms. The summed E-state index contributed by atoms with van der Waals surface area (Å²) in [4.78, 5) is 17.8. The first-order valence-corrected chi connectivity index (χ1v) is 10.6. The Bertz CT molecular complexity index is 774. The van der Waals surface area contributed by atoms with Crippen molar-refractivity contribution in [1.82, 2.24) is 9.80 Å². The summed E-state index contributed by atoms with van der Waals surface area (Å²) in [6.07, 6.45) is 1.89. The highest BCUT2D eigenvalue weighted by Crippen LogP contribution is 2.18. The number of aryl methyl sites for hydroxylation is 1. The number of amides is 1. The van der Waals surface area contributed by atoms with Crippen LogP contribution in [0.25, 0.3) is 0 Å². The highest BCUT2D eigenvalue weighted by atomic mass is 16.5. The predicted octanol–water partition coefficient (Wildman–Crippen LogP) is 3.93. The SMILES string of the molecule is CC[C@H](C(=O)Nc1ccc(OC)cc1)N1CCCN(Cc2ccc(C)cc2)CC1. The van der Waals surface area contributed by atoms with Crippen LogP contribution >= 0.6 is 0 Å². The van der Waals surface area contributed by atoms with Gasteiger partial charge in [0.1, 0.15) is 5.75 Å². The van der Waals surface area contributed by atoms with Gasteiger partial charge in [-0.25, -0.2) is 0 Å². The molecular formula is C24H33N3O2. The van der Waals surface area contributed by atoms with Crippen LogP contribution in [0.3, 0.4) is 0 Å². The molecule has 0 aromatic heterocycles. The molecule has 3 rings (SSSR count). The van der Waals surface area contributed by atoms with Gasteiger partial charge in [0.25, 0.3) is 0 Å². The van der Waals surface area contributed by atoms with E-state index in [1.165, 1.54) is 11.1 Å². The molecule has 0 bridgehead atoms. The minimum atomic E-state index is -0.101. The number of hydrogen-bond acceptors (Lipinski definition) is 4. The zero-order chi connectivity index (χ0) is 20.6. The molecule has 1 heterocycles. The van der Waals surface area contributed by atoms with Gasteiger partial charge in [-0.1, -0.05) is 36.8 Å². The largest absolute Gasteiger partial charge is 0.497 e. The Hall–Kier alpha value is -2.37. The van der Waals surface area contributed by atoms with Crippen LogP contribution in [0.5, 0.6) is 5.75 Å². The molecular weight excluding hydrogens is 362 g/mol. The number of methoxy groups -OCH3 is 1. The van der Waals surface area contributed by atoms with E-state index < -0.39 is 0 Å². The topological polar surface area (TPSA) is 44.8 Å². The van der Waals surface area contributed by atoms with Gasteiger partial charge in [0.2, 0.25) is 5.91 Å². The van der Waals surface area contributed by atoms with Crippen molar-refractivity contribution in [2.45, 2.75) is 39.3 Å². The van der Waals surface area contributed by atoms with Gasteiger partial charge in [-0.2, -0.15) is 0 Å². The van der Waals surface area contributed by atoms with E-state index in [-0.39, 0.29) is 11.9 Å². The van der Waals surface area contributed by atoms with E-state index in [4.69, 9.17) is 4.74 Å². The summed E-state index contributed by atoms with van der Waals surface area (Å²) >= 11 is 0. The second-order valence-electron chi connectivity index (χ2n) is 7.79. The first kappa shape index (κ1) is 21.3. The minimum Gasteiger partial charge on any atom is -0.497 e. The maximum Gasteiger partial charge on any atom is 0.241 e. The van der Waals surface area contributed by atoms with Crippen molar-refractivity contribution in [2.75, 3.05) is 38.6 Å². The van der Waals surface area contributed by atoms with Crippen molar-refractivity contribution >= 4 is 11.6 Å². The van der Waals surface area contributed by atoms with Crippen molar-refractivity contribution in [3.05, 3.63) is 59.7 Å². The van der Waals surface area contributed by atoms with Crippen molar-refractivity contribution in [1.29, 1.82) is 0 Å². The lowest BCUT2D eigenvalue weighted by molar-refractivity contribution is -0.121. The third-order valence-corrected chi connectivity index (χ3v) is 5.64. The summed E-state index contributed by atoms with van der Waals surface area (Å²) in [5.41, 5.74) is 3.46. The second-order valence-corrected chi connectivity index (χ2v) is 7.79. The van der Waals surface area contributed by atoms with Gasteiger partial charge in [-0.05, 0) is 56.1 Å². The molecule has 0 saturated carbocycles. The number of rotatable bonds is 7. The molecule has 1 N–H and O–H groups in total. The highest BCUT2D eigenvalue weighted by molar-refractivity contribution is 5.94. The summed E-state index contributed by atoms with van der Waals surface area (Å²) in [6.45, 7) is 9.12. The van der Waals surface area contributed by atoms with Crippen LogP contribution in [0.1, 0.15) is 30.9 Å². The number of ether oxygens (including phenoxy) is 1. The molecule has 1 saturated heterocycles. The van der Waals surface area contributed by atoms with Gasteiger partial charge in [-0.3, -0.25) is 14.6 Å². The van der Waals surface area contributed by atoms with Crippen LogP contribution in [-0.4, -0.2) is 55.0 Å². The van der Waals surface area contributed by atoms with Crippen LogP contribution in [0.4, 0.5) is 5.69 Å².